The Labute approximate surface area is 138 Å². The average Bonchev–Trinajstić information content (AvgIpc) is 3.23. The minimum atomic E-state index is -0.723. The summed E-state index contributed by atoms with van der Waals surface area (Å²) in [4.78, 5) is 17.5. The lowest BCUT2D eigenvalue weighted by Gasteiger charge is -2.37. The summed E-state index contributed by atoms with van der Waals surface area (Å²) >= 11 is 0. The second-order valence-corrected chi connectivity index (χ2v) is 7.96. The Morgan fingerprint density at radius 3 is 2.48 bits per heavy atom. The molecular weight excluding hydrogens is 295 g/mol. The molecule has 1 amide bonds. The number of carbonyl (C=O) groups is 1. The van der Waals surface area contributed by atoms with Crippen LogP contribution in [0.15, 0.2) is 0 Å². The third kappa shape index (κ3) is 3.14. The lowest BCUT2D eigenvalue weighted by molar-refractivity contribution is -0.145. The van der Waals surface area contributed by atoms with Crippen LogP contribution in [0.3, 0.4) is 0 Å². The van der Waals surface area contributed by atoms with E-state index in [1.807, 2.05) is 4.90 Å². The van der Waals surface area contributed by atoms with Gasteiger partial charge in [-0.25, -0.2) is 4.39 Å². The summed E-state index contributed by atoms with van der Waals surface area (Å²) in [6, 6.07) is 0.735. The normalized spacial score (nSPS) is 37.3. The van der Waals surface area contributed by atoms with Gasteiger partial charge >= 0.3 is 0 Å². The second kappa shape index (κ2) is 6.67. The second-order valence-electron chi connectivity index (χ2n) is 7.96. The summed E-state index contributed by atoms with van der Waals surface area (Å²) in [7, 11) is 0. The van der Waals surface area contributed by atoms with Crippen LogP contribution in [0.5, 0.6) is 0 Å². The fraction of sp³-hybridized carbons (Fsp3) is 0.944. The first-order valence-electron chi connectivity index (χ1n) is 9.47. The Morgan fingerprint density at radius 2 is 1.74 bits per heavy atom. The molecule has 4 nitrogen and oxygen atoms in total. The number of nitrogens with zero attached hydrogens (tertiary/aromatic N) is 2. The third-order valence-electron chi connectivity index (χ3n) is 6.56. The maximum atomic E-state index is 13.3. The van der Waals surface area contributed by atoms with Crippen LogP contribution in [0.4, 0.5) is 4.39 Å². The molecule has 4 rings (SSSR count). The Morgan fingerprint density at radius 1 is 1.00 bits per heavy atom. The van der Waals surface area contributed by atoms with Crippen LogP contribution in [0.25, 0.3) is 0 Å². The molecule has 1 saturated carbocycles. The molecule has 0 N–H and O–H groups in total. The van der Waals surface area contributed by atoms with Gasteiger partial charge in [-0.2, -0.15) is 0 Å². The first-order valence-corrected chi connectivity index (χ1v) is 9.47. The monoisotopic (exact) mass is 324 g/mol. The van der Waals surface area contributed by atoms with Crippen molar-refractivity contribution >= 4 is 5.91 Å². The molecule has 4 fully saturated rings. The molecule has 3 heterocycles. The van der Waals surface area contributed by atoms with E-state index < -0.39 is 6.17 Å². The molecular formula is C18H29FN2O2. The van der Waals surface area contributed by atoms with E-state index in [1.165, 1.54) is 25.7 Å². The Hall–Kier alpha value is -0.680. The first kappa shape index (κ1) is 15.8. The lowest BCUT2D eigenvalue weighted by atomic mass is 9.81. The van der Waals surface area contributed by atoms with Crippen molar-refractivity contribution < 1.29 is 13.9 Å². The van der Waals surface area contributed by atoms with Gasteiger partial charge < -0.3 is 9.64 Å². The van der Waals surface area contributed by atoms with Crippen LogP contribution in [0.2, 0.25) is 0 Å². The Balaban J connectivity index is 1.41. The van der Waals surface area contributed by atoms with E-state index in [2.05, 4.69) is 4.90 Å². The fourth-order valence-corrected chi connectivity index (χ4v) is 5.16. The van der Waals surface area contributed by atoms with E-state index in [9.17, 15) is 9.18 Å². The van der Waals surface area contributed by atoms with Crippen LogP contribution in [-0.2, 0) is 9.53 Å². The maximum Gasteiger partial charge on any atom is 0.228 e. The smallest absolute Gasteiger partial charge is 0.228 e. The molecule has 0 radical (unpaired) electrons. The highest BCUT2D eigenvalue weighted by Gasteiger charge is 2.46. The van der Waals surface area contributed by atoms with E-state index in [0.29, 0.717) is 44.4 Å². The van der Waals surface area contributed by atoms with Crippen molar-refractivity contribution in [3.05, 3.63) is 0 Å². The Bertz CT molecular complexity index is 433. The van der Waals surface area contributed by atoms with E-state index in [0.717, 1.165) is 25.7 Å². The highest BCUT2D eigenvalue weighted by atomic mass is 19.1. The fourth-order valence-electron chi connectivity index (χ4n) is 5.16. The van der Waals surface area contributed by atoms with Gasteiger partial charge in [-0.3, -0.25) is 9.69 Å². The number of alkyl halides is 1. The quantitative estimate of drug-likeness (QED) is 0.780. The molecule has 3 atom stereocenters. The van der Waals surface area contributed by atoms with Gasteiger partial charge in [0.25, 0.3) is 0 Å². The number of amides is 1. The molecule has 0 spiro atoms. The number of halogens is 1. The molecule has 0 aromatic carbocycles. The van der Waals surface area contributed by atoms with Gasteiger partial charge in [0.15, 0.2) is 0 Å². The van der Waals surface area contributed by atoms with Crippen LogP contribution >= 0.6 is 0 Å². The molecule has 1 aliphatic carbocycles. The summed E-state index contributed by atoms with van der Waals surface area (Å²) in [6.45, 7) is 4.71. The zero-order valence-electron chi connectivity index (χ0n) is 14.0. The van der Waals surface area contributed by atoms with Gasteiger partial charge in [0.2, 0.25) is 5.91 Å². The topological polar surface area (TPSA) is 32.8 Å². The molecule has 130 valence electrons. The van der Waals surface area contributed by atoms with Crippen molar-refractivity contribution in [3.8, 4) is 0 Å². The molecule has 23 heavy (non-hydrogen) atoms. The van der Waals surface area contributed by atoms with Crippen LogP contribution < -0.4 is 0 Å². The maximum absolute atomic E-state index is 13.3. The standard InChI is InChI=1S/C18H29FN2O2/c19-14-5-7-20(8-6-14)18(22)17-12-23-11-13-9-21(10-16(13)17)15-3-1-2-4-15/h13-17H,1-12H2/t13-,16-,17+/m1/s1. The SMILES string of the molecule is O=C([C@H]1COC[C@H]2CN(C3CCCC3)C[C@H]21)N1CCC(F)CC1. The van der Waals surface area contributed by atoms with Crippen molar-refractivity contribution in [1.29, 1.82) is 0 Å². The highest BCUT2D eigenvalue weighted by Crippen LogP contribution is 2.38. The number of hydrogen-bond donors (Lipinski definition) is 0. The summed E-state index contributed by atoms with van der Waals surface area (Å²) < 4.78 is 19.1. The molecule has 4 aliphatic rings. The van der Waals surface area contributed by atoms with Crippen molar-refractivity contribution in [2.45, 2.75) is 50.7 Å². The van der Waals surface area contributed by atoms with Crippen molar-refractivity contribution in [1.82, 2.24) is 9.80 Å². The molecule has 3 aliphatic heterocycles. The molecule has 0 aromatic heterocycles. The number of hydrogen-bond acceptors (Lipinski definition) is 3. The minimum Gasteiger partial charge on any atom is -0.380 e. The summed E-state index contributed by atoms with van der Waals surface area (Å²) in [5.74, 6) is 1.17. The van der Waals surface area contributed by atoms with E-state index in [4.69, 9.17) is 4.74 Å². The van der Waals surface area contributed by atoms with Crippen molar-refractivity contribution in [3.63, 3.8) is 0 Å². The van der Waals surface area contributed by atoms with E-state index >= 15 is 0 Å². The molecule has 0 aromatic rings. The van der Waals surface area contributed by atoms with E-state index in [1.54, 1.807) is 0 Å². The minimum absolute atomic E-state index is 0.00341. The van der Waals surface area contributed by atoms with Gasteiger partial charge in [0.1, 0.15) is 6.17 Å². The first-order chi connectivity index (χ1) is 11.2. The van der Waals surface area contributed by atoms with Crippen molar-refractivity contribution in [2.75, 3.05) is 39.4 Å². The number of piperidine rings is 1. The van der Waals surface area contributed by atoms with Gasteiger partial charge in [-0.15, -0.1) is 0 Å². The highest BCUT2D eigenvalue weighted by molar-refractivity contribution is 5.79. The van der Waals surface area contributed by atoms with Gasteiger partial charge in [-0.1, -0.05) is 12.8 Å². The summed E-state index contributed by atoms with van der Waals surface area (Å²) in [5.41, 5.74) is 0. The van der Waals surface area contributed by atoms with Crippen LogP contribution in [0.1, 0.15) is 38.5 Å². The lowest BCUT2D eigenvalue weighted by Crippen LogP contribution is -2.49. The third-order valence-corrected chi connectivity index (χ3v) is 6.56. The van der Waals surface area contributed by atoms with E-state index in [-0.39, 0.29) is 11.8 Å². The zero-order valence-corrected chi connectivity index (χ0v) is 14.0. The zero-order chi connectivity index (χ0) is 15.8. The number of likely N-dealkylation sites (tertiary alicyclic amines) is 2. The number of fused-ring (bicyclic) bond motifs is 1. The number of ether oxygens (including phenoxy) is 1. The molecule has 0 bridgehead atoms. The Kier molecular flexibility index (Phi) is 4.59. The van der Waals surface area contributed by atoms with Crippen molar-refractivity contribution in [2.24, 2.45) is 17.8 Å². The van der Waals surface area contributed by atoms with Gasteiger partial charge in [0.05, 0.1) is 19.1 Å². The predicted molar refractivity (Wildman–Crippen MR) is 85.8 cm³/mol. The predicted octanol–water partition coefficient (Wildman–Crippen LogP) is 2.08. The number of carbonyl (C=O) groups excluding carboxylic acids is 1. The molecule has 0 unspecified atom stereocenters. The van der Waals surface area contributed by atoms with Gasteiger partial charge in [0, 0.05) is 32.2 Å². The van der Waals surface area contributed by atoms with Gasteiger partial charge in [-0.05, 0) is 37.5 Å². The largest absolute Gasteiger partial charge is 0.380 e. The summed E-state index contributed by atoms with van der Waals surface area (Å²) in [5, 5.41) is 0. The average molecular weight is 324 g/mol. The number of rotatable bonds is 2. The van der Waals surface area contributed by atoms with Crippen LogP contribution in [-0.4, -0.2) is 67.3 Å². The molecule has 3 saturated heterocycles. The summed E-state index contributed by atoms with van der Waals surface area (Å²) in [6.07, 6.45) is 5.63. The molecule has 5 heteroatoms. The van der Waals surface area contributed by atoms with Crippen LogP contribution in [0, 0.1) is 17.8 Å².